The van der Waals surface area contributed by atoms with Gasteiger partial charge in [0, 0.05) is 41.8 Å². The van der Waals surface area contributed by atoms with E-state index in [-0.39, 0.29) is 11.8 Å². The number of imidazole rings is 1. The van der Waals surface area contributed by atoms with Crippen LogP contribution in [0.15, 0.2) is 47.1 Å². The number of likely N-dealkylation sites (tertiary alicyclic amines) is 1. The van der Waals surface area contributed by atoms with E-state index in [2.05, 4.69) is 32.4 Å². The van der Waals surface area contributed by atoms with Gasteiger partial charge in [-0.2, -0.15) is 0 Å². The summed E-state index contributed by atoms with van der Waals surface area (Å²) in [6.45, 7) is 4.41. The lowest BCUT2D eigenvalue weighted by molar-refractivity contribution is 0.0790. The normalized spacial score (nSPS) is 17.4. The number of aryl methyl sites for hydroxylation is 1. The van der Waals surface area contributed by atoms with Gasteiger partial charge in [0.05, 0.1) is 0 Å². The lowest BCUT2D eigenvalue weighted by atomic mass is 10.1. The molecule has 128 valence electrons. The van der Waals surface area contributed by atoms with Crippen LogP contribution in [0, 0.1) is 0 Å². The van der Waals surface area contributed by atoms with Gasteiger partial charge in [-0.15, -0.1) is 0 Å². The van der Waals surface area contributed by atoms with Crippen molar-refractivity contribution in [2.45, 2.75) is 25.8 Å². The third-order valence-electron chi connectivity index (χ3n) is 4.76. The highest BCUT2D eigenvalue weighted by Crippen LogP contribution is 2.30. The van der Waals surface area contributed by atoms with Crippen LogP contribution in [0.2, 0.25) is 0 Å². The number of halogens is 1. The van der Waals surface area contributed by atoms with Crippen molar-refractivity contribution in [2.75, 3.05) is 13.1 Å². The fraction of sp³-hybridized carbons (Fsp3) is 0.316. The molecule has 0 bridgehead atoms. The van der Waals surface area contributed by atoms with Gasteiger partial charge in [-0.3, -0.25) is 4.79 Å². The quantitative estimate of drug-likeness (QED) is 0.673. The van der Waals surface area contributed by atoms with Crippen LogP contribution in [-0.2, 0) is 6.54 Å². The number of carbonyl (C=O) groups is 1. The molecule has 1 atom stereocenters. The van der Waals surface area contributed by atoms with Gasteiger partial charge in [0.15, 0.2) is 5.65 Å². The van der Waals surface area contributed by atoms with Crippen molar-refractivity contribution >= 4 is 33.0 Å². The van der Waals surface area contributed by atoms with Gasteiger partial charge in [0.1, 0.15) is 11.3 Å². The molecular formula is C19H19BrN4O. The first-order valence-corrected chi connectivity index (χ1v) is 9.32. The highest BCUT2D eigenvalue weighted by molar-refractivity contribution is 9.10. The number of amides is 1. The molecule has 1 aliphatic rings. The van der Waals surface area contributed by atoms with Gasteiger partial charge in [0.2, 0.25) is 0 Å². The number of benzene rings is 1. The first kappa shape index (κ1) is 16.3. The molecule has 1 unspecified atom stereocenters. The molecule has 4 rings (SSSR count). The average molecular weight is 399 g/mol. The van der Waals surface area contributed by atoms with Crippen LogP contribution >= 0.6 is 15.9 Å². The Morgan fingerprint density at radius 3 is 3.00 bits per heavy atom. The zero-order valence-corrected chi connectivity index (χ0v) is 15.6. The first-order valence-electron chi connectivity index (χ1n) is 8.53. The second kappa shape index (κ2) is 6.59. The van der Waals surface area contributed by atoms with Crippen LogP contribution in [0.1, 0.15) is 35.4 Å². The fourth-order valence-corrected chi connectivity index (χ4v) is 3.96. The molecule has 0 N–H and O–H groups in total. The minimum Gasteiger partial charge on any atom is -0.338 e. The second-order valence-electron chi connectivity index (χ2n) is 6.31. The number of rotatable bonds is 3. The second-order valence-corrected chi connectivity index (χ2v) is 7.22. The summed E-state index contributed by atoms with van der Waals surface area (Å²) in [5.74, 6) is 1.38. The minimum atomic E-state index is 0.0843. The minimum absolute atomic E-state index is 0.0843. The largest absolute Gasteiger partial charge is 0.338 e. The predicted octanol–water partition coefficient (Wildman–Crippen LogP) is 3.84. The van der Waals surface area contributed by atoms with E-state index in [9.17, 15) is 4.79 Å². The summed E-state index contributed by atoms with van der Waals surface area (Å²) in [6, 6.07) is 11.5. The maximum atomic E-state index is 12.8. The molecule has 1 aromatic carbocycles. The lowest BCUT2D eigenvalue weighted by Crippen LogP contribution is -2.28. The van der Waals surface area contributed by atoms with Gasteiger partial charge in [-0.05, 0) is 43.7 Å². The third kappa shape index (κ3) is 2.95. The highest BCUT2D eigenvalue weighted by atomic mass is 79.9. The van der Waals surface area contributed by atoms with Crippen molar-refractivity contribution in [3.63, 3.8) is 0 Å². The van der Waals surface area contributed by atoms with Crippen molar-refractivity contribution < 1.29 is 4.79 Å². The maximum Gasteiger partial charge on any atom is 0.253 e. The van der Waals surface area contributed by atoms with Crippen molar-refractivity contribution in [2.24, 2.45) is 0 Å². The number of pyridine rings is 1. The number of carbonyl (C=O) groups excluding carboxylic acids is 1. The standard InChI is InChI=1S/C19H19BrN4O/c1-2-24-17(22-16-7-4-9-21-18(16)24)14-8-10-23(12-14)19(25)13-5-3-6-15(20)11-13/h3-7,9,11,14H,2,8,10,12H2,1H3. The fourth-order valence-electron chi connectivity index (χ4n) is 3.56. The van der Waals surface area contributed by atoms with E-state index in [0.717, 1.165) is 46.5 Å². The van der Waals surface area contributed by atoms with E-state index in [1.807, 2.05) is 41.3 Å². The van der Waals surface area contributed by atoms with E-state index in [1.165, 1.54) is 0 Å². The van der Waals surface area contributed by atoms with Crippen molar-refractivity contribution in [1.29, 1.82) is 0 Å². The zero-order chi connectivity index (χ0) is 17.4. The SMILES string of the molecule is CCn1c(C2CCN(C(=O)c3cccc(Br)c3)C2)nc2cccnc21. The average Bonchev–Trinajstić information content (AvgIpc) is 3.25. The molecule has 25 heavy (non-hydrogen) atoms. The summed E-state index contributed by atoms with van der Waals surface area (Å²) in [5, 5.41) is 0. The van der Waals surface area contributed by atoms with Gasteiger partial charge < -0.3 is 9.47 Å². The van der Waals surface area contributed by atoms with E-state index < -0.39 is 0 Å². The Kier molecular flexibility index (Phi) is 4.29. The smallest absolute Gasteiger partial charge is 0.253 e. The number of aromatic nitrogens is 3. The molecule has 0 saturated carbocycles. The van der Waals surface area contributed by atoms with Crippen LogP contribution in [0.25, 0.3) is 11.2 Å². The lowest BCUT2D eigenvalue weighted by Gasteiger charge is -2.17. The maximum absolute atomic E-state index is 12.8. The summed E-state index contributed by atoms with van der Waals surface area (Å²) < 4.78 is 3.10. The molecule has 2 aromatic heterocycles. The van der Waals surface area contributed by atoms with E-state index >= 15 is 0 Å². The summed E-state index contributed by atoms with van der Waals surface area (Å²) >= 11 is 3.44. The van der Waals surface area contributed by atoms with Crippen molar-refractivity contribution in [1.82, 2.24) is 19.4 Å². The van der Waals surface area contributed by atoms with Gasteiger partial charge >= 0.3 is 0 Å². The Morgan fingerprint density at radius 2 is 2.20 bits per heavy atom. The number of hydrogen-bond acceptors (Lipinski definition) is 3. The molecule has 1 amide bonds. The number of hydrogen-bond donors (Lipinski definition) is 0. The molecule has 5 nitrogen and oxygen atoms in total. The molecule has 1 aliphatic heterocycles. The Labute approximate surface area is 154 Å². The van der Waals surface area contributed by atoms with E-state index in [0.29, 0.717) is 6.54 Å². The van der Waals surface area contributed by atoms with Crippen LogP contribution in [0.5, 0.6) is 0 Å². The molecule has 3 heterocycles. The Hall–Kier alpha value is -2.21. The molecule has 0 aliphatic carbocycles. The molecule has 3 aromatic rings. The number of nitrogens with zero attached hydrogens (tertiary/aromatic N) is 4. The first-order chi connectivity index (χ1) is 12.2. The summed E-state index contributed by atoms with van der Waals surface area (Å²) in [4.78, 5) is 24.0. The van der Waals surface area contributed by atoms with Gasteiger partial charge in [-0.1, -0.05) is 22.0 Å². The highest BCUT2D eigenvalue weighted by Gasteiger charge is 2.31. The van der Waals surface area contributed by atoms with Crippen molar-refractivity contribution in [3.05, 3.63) is 58.5 Å². The third-order valence-corrected chi connectivity index (χ3v) is 5.25. The van der Waals surface area contributed by atoms with E-state index in [4.69, 9.17) is 4.98 Å². The Morgan fingerprint density at radius 1 is 1.32 bits per heavy atom. The predicted molar refractivity (Wildman–Crippen MR) is 101 cm³/mol. The molecule has 0 spiro atoms. The van der Waals surface area contributed by atoms with Crippen LogP contribution in [-0.4, -0.2) is 38.4 Å². The zero-order valence-electron chi connectivity index (χ0n) is 14.0. The summed E-state index contributed by atoms with van der Waals surface area (Å²) in [6.07, 6.45) is 2.74. The summed E-state index contributed by atoms with van der Waals surface area (Å²) in [7, 11) is 0. The molecule has 1 saturated heterocycles. The van der Waals surface area contributed by atoms with Crippen LogP contribution in [0.3, 0.4) is 0 Å². The molecule has 1 fully saturated rings. The Bertz CT molecular complexity index is 936. The number of fused-ring (bicyclic) bond motifs is 1. The van der Waals surface area contributed by atoms with Crippen molar-refractivity contribution in [3.8, 4) is 0 Å². The monoisotopic (exact) mass is 398 g/mol. The van der Waals surface area contributed by atoms with E-state index in [1.54, 1.807) is 6.20 Å². The Balaban J connectivity index is 1.59. The molecular weight excluding hydrogens is 380 g/mol. The van der Waals surface area contributed by atoms with Gasteiger partial charge in [0.25, 0.3) is 5.91 Å². The van der Waals surface area contributed by atoms with Crippen LogP contribution in [0.4, 0.5) is 0 Å². The molecule has 6 heteroatoms. The van der Waals surface area contributed by atoms with Crippen LogP contribution < -0.4 is 0 Å². The van der Waals surface area contributed by atoms with Gasteiger partial charge in [-0.25, -0.2) is 9.97 Å². The molecule has 0 radical (unpaired) electrons. The topological polar surface area (TPSA) is 51.0 Å². The summed E-state index contributed by atoms with van der Waals surface area (Å²) in [5.41, 5.74) is 2.58.